The molecule has 0 atom stereocenters. The first-order valence-electron chi connectivity index (χ1n) is 8.05. The predicted octanol–water partition coefficient (Wildman–Crippen LogP) is 3.08. The van der Waals surface area contributed by atoms with E-state index in [0.29, 0.717) is 28.6 Å². The summed E-state index contributed by atoms with van der Waals surface area (Å²) in [6.45, 7) is 0.0970. The van der Waals surface area contributed by atoms with E-state index in [1.54, 1.807) is 6.07 Å². The van der Waals surface area contributed by atoms with E-state index in [9.17, 15) is 10.1 Å². The van der Waals surface area contributed by atoms with Crippen LogP contribution in [0.5, 0.6) is 23.0 Å². The van der Waals surface area contributed by atoms with Crippen molar-refractivity contribution in [3.05, 3.63) is 53.1 Å². The molecule has 3 rings (SSSR count). The van der Waals surface area contributed by atoms with E-state index in [1.807, 2.05) is 36.4 Å². The molecule has 0 bridgehead atoms. The van der Waals surface area contributed by atoms with Gasteiger partial charge in [0, 0.05) is 5.56 Å². The van der Waals surface area contributed by atoms with Gasteiger partial charge in [0.25, 0.3) is 0 Å². The highest BCUT2D eigenvalue weighted by Crippen LogP contribution is 2.49. The average molecular weight is 367 g/mol. The number of nitriles is 1. The van der Waals surface area contributed by atoms with Gasteiger partial charge in [-0.2, -0.15) is 5.26 Å². The van der Waals surface area contributed by atoms with Crippen molar-refractivity contribution in [1.82, 2.24) is 0 Å². The van der Waals surface area contributed by atoms with Crippen molar-refractivity contribution in [3.63, 3.8) is 0 Å². The van der Waals surface area contributed by atoms with Crippen LogP contribution in [0.2, 0.25) is 0 Å². The molecule has 0 N–H and O–H groups in total. The van der Waals surface area contributed by atoms with Crippen molar-refractivity contribution in [2.24, 2.45) is 0 Å². The molecule has 0 saturated heterocycles. The predicted molar refractivity (Wildman–Crippen MR) is 95.5 cm³/mol. The number of hydrogen-bond donors (Lipinski definition) is 0. The van der Waals surface area contributed by atoms with E-state index in [0.717, 1.165) is 5.56 Å². The monoisotopic (exact) mass is 367 g/mol. The van der Waals surface area contributed by atoms with Crippen LogP contribution in [-0.4, -0.2) is 27.0 Å². The number of esters is 1. The fourth-order valence-electron chi connectivity index (χ4n) is 2.60. The summed E-state index contributed by atoms with van der Waals surface area (Å²) in [4.78, 5) is 12.3. The lowest BCUT2D eigenvalue weighted by Crippen LogP contribution is -2.07. The smallest absolute Gasteiger partial charge is 0.349 e. The minimum Gasteiger partial charge on any atom is -0.493 e. The van der Waals surface area contributed by atoms with Crippen LogP contribution in [0.15, 0.2) is 42.0 Å². The zero-order valence-electron chi connectivity index (χ0n) is 14.9. The normalized spacial score (nSPS) is 12.3. The minimum absolute atomic E-state index is 0.0272. The number of benzene rings is 2. The second kappa shape index (κ2) is 8.15. The number of rotatable bonds is 6. The van der Waals surface area contributed by atoms with E-state index in [-0.39, 0.29) is 19.0 Å². The molecule has 0 fully saturated rings. The van der Waals surface area contributed by atoms with Gasteiger partial charge in [0.2, 0.25) is 18.3 Å². The third kappa shape index (κ3) is 3.80. The molecule has 138 valence electrons. The number of carbonyl (C=O) groups is 1. The summed E-state index contributed by atoms with van der Waals surface area (Å²) >= 11 is 0. The molecule has 0 unspecified atom stereocenters. The Bertz CT molecular complexity index is 914. The third-order valence-electron chi connectivity index (χ3n) is 3.87. The zero-order valence-corrected chi connectivity index (χ0v) is 14.9. The summed E-state index contributed by atoms with van der Waals surface area (Å²) in [6.07, 6.45) is 1.37. The van der Waals surface area contributed by atoms with Gasteiger partial charge in [-0.05, 0) is 17.7 Å². The number of hydrogen-bond acceptors (Lipinski definition) is 7. The van der Waals surface area contributed by atoms with Crippen LogP contribution in [0.25, 0.3) is 6.08 Å². The van der Waals surface area contributed by atoms with Crippen molar-refractivity contribution in [2.45, 2.75) is 6.61 Å². The van der Waals surface area contributed by atoms with E-state index in [4.69, 9.17) is 23.7 Å². The number of carbonyl (C=O) groups excluding carboxylic acids is 1. The average Bonchev–Trinajstić information content (AvgIpc) is 3.19. The van der Waals surface area contributed by atoms with Crippen molar-refractivity contribution >= 4 is 12.0 Å². The van der Waals surface area contributed by atoms with Gasteiger partial charge in [-0.25, -0.2) is 4.79 Å². The molecule has 1 aliphatic heterocycles. The second-order valence-electron chi connectivity index (χ2n) is 5.50. The third-order valence-corrected chi connectivity index (χ3v) is 3.87. The van der Waals surface area contributed by atoms with E-state index < -0.39 is 5.97 Å². The van der Waals surface area contributed by atoms with Crippen LogP contribution in [0, 0.1) is 11.3 Å². The van der Waals surface area contributed by atoms with Gasteiger partial charge >= 0.3 is 5.97 Å². The first-order valence-corrected chi connectivity index (χ1v) is 8.05. The molecular weight excluding hydrogens is 350 g/mol. The van der Waals surface area contributed by atoms with Crippen LogP contribution in [0.1, 0.15) is 11.1 Å². The van der Waals surface area contributed by atoms with E-state index >= 15 is 0 Å². The molecule has 1 aliphatic rings. The second-order valence-corrected chi connectivity index (χ2v) is 5.50. The topological polar surface area (TPSA) is 87.0 Å². The highest BCUT2D eigenvalue weighted by Gasteiger charge is 2.27. The molecular formula is C20H17NO6. The van der Waals surface area contributed by atoms with Gasteiger partial charge in [0.05, 0.1) is 14.2 Å². The van der Waals surface area contributed by atoms with Crippen LogP contribution in [0.4, 0.5) is 0 Å². The molecule has 0 saturated carbocycles. The molecule has 2 aromatic carbocycles. The van der Waals surface area contributed by atoms with Gasteiger partial charge in [0.15, 0.2) is 11.5 Å². The Hall–Kier alpha value is -3.66. The SMILES string of the molecule is COc1cc(/C=C(/C#N)C(=O)OCc2ccccc2)c(OC)c2c1OCO2. The molecule has 1 heterocycles. The van der Waals surface area contributed by atoms with E-state index in [2.05, 4.69) is 0 Å². The molecule has 27 heavy (non-hydrogen) atoms. The fourth-order valence-corrected chi connectivity index (χ4v) is 2.60. The number of fused-ring (bicyclic) bond motifs is 1. The van der Waals surface area contributed by atoms with Crippen molar-refractivity contribution in [1.29, 1.82) is 5.26 Å². The fraction of sp³-hybridized carbons (Fsp3) is 0.200. The van der Waals surface area contributed by atoms with Crippen LogP contribution >= 0.6 is 0 Å². The van der Waals surface area contributed by atoms with Crippen molar-refractivity contribution < 1.29 is 28.5 Å². The van der Waals surface area contributed by atoms with Crippen molar-refractivity contribution in [2.75, 3.05) is 21.0 Å². The molecule has 7 heteroatoms. The molecule has 0 radical (unpaired) electrons. The number of methoxy groups -OCH3 is 2. The summed E-state index contributed by atoms with van der Waals surface area (Å²) in [5.74, 6) is 0.783. The Balaban J connectivity index is 1.89. The first-order chi connectivity index (χ1) is 13.2. The summed E-state index contributed by atoms with van der Waals surface area (Å²) in [7, 11) is 2.94. The van der Waals surface area contributed by atoms with Gasteiger partial charge < -0.3 is 23.7 Å². The lowest BCUT2D eigenvalue weighted by atomic mass is 10.1. The molecule has 0 amide bonds. The maximum Gasteiger partial charge on any atom is 0.349 e. The van der Waals surface area contributed by atoms with Gasteiger partial charge in [-0.3, -0.25) is 0 Å². The maximum atomic E-state index is 12.3. The van der Waals surface area contributed by atoms with Crippen LogP contribution in [-0.2, 0) is 16.1 Å². The highest BCUT2D eigenvalue weighted by molar-refractivity contribution is 5.98. The quantitative estimate of drug-likeness (QED) is 0.440. The Kier molecular flexibility index (Phi) is 5.47. The summed E-state index contributed by atoms with van der Waals surface area (Å²) < 4.78 is 26.7. The summed E-state index contributed by atoms with van der Waals surface area (Å²) in [6, 6.07) is 12.7. The molecule has 0 spiro atoms. The maximum absolute atomic E-state index is 12.3. The number of nitrogens with zero attached hydrogens (tertiary/aromatic N) is 1. The Morgan fingerprint density at radius 1 is 1.19 bits per heavy atom. The first kappa shape index (κ1) is 18.1. The largest absolute Gasteiger partial charge is 0.493 e. The van der Waals surface area contributed by atoms with Crippen molar-refractivity contribution in [3.8, 4) is 29.1 Å². The molecule has 0 aliphatic carbocycles. The molecule has 0 aromatic heterocycles. The number of ether oxygens (including phenoxy) is 5. The highest BCUT2D eigenvalue weighted by atomic mass is 16.7. The molecule has 7 nitrogen and oxygen atoms in total. The summed E-state index contributed by atoms with van der Waals surface area (Å²) in [5.41, 5.74) is 1.09. The minimum atomic E-state index is -0.736. The van der Waals surface area contributed by atoms with Gasteiger partial charge in [0.1, 0.15) is 18.2 Å². The van der Waals surface area contributed by atoms with Crippen LogP contribution < -0.4 is 18.9 Å². The van der Waals surface area contributed by atoms with Crippen LogP contribution in [0.3, 0.4) is 0 Å². The molecule has 2 aromatic rings. The summed E-state index contributed by atoms with van der Waals surface area (Å²) in [5, 5.41) is 9.39. The standard InChI is InChI=1S/C20H17NO6/c1-23-16-9-14(17(24-2)19-18(16)26-12-27-19)8-15(10-21)20(22)25-11-13-6-4-3-5-7-13/h3-9H,11-12H2,1-2H3/b15-8-. The lowest BCUT2D eigenvalue weighted by Gasteiger charge is -2.12. The lowest BCUT2D eigenvalue weighted by molar-refractivity contribution is -0.139. The van der Waals surface area contributed by atoms with E-state index in [1.165, 1.54) is 20.3 Å². The Labute approximate surface area is 156 Å². The Morgan fingerprint density at radius 2 is 1.93 bits per heavy atom. The Morgan fingerprint density at radius 3 is 2.59 bits per heavy atom. The van der Waals surface area contributed by atoms with Gasteiger partial charge in [-0.1, -0.05) is 30.3 Å². The van der Waals surface area contributed by atoms with Gasteiger partial charge in [-0.15, -0.1) is 0 Å². The zero-order chi connectivity index (χ0) is 19.2.